The number of nitrogens with zero attached hydrogens (tertiary/aromatic N) is 3. The number of hydrogen-bond acceptors (Lipinski definition) is 6. The molecule has 0 spiro atoms. The van der Waals surface area contributed by atoms with Gasteiger partial charge >= 0.3 is 0 Å². The number of nitrogen functional groups attached to an aromatic ring is 1. The third-order valence-electron chi connectivity index (χ3n) is 3.29. The molecule has 0 fully saturated rings. The molecule has 20 heavy (non-hydrogen) atoms. The van der Waals surface area contributed by atoms with E-state index >= 15 is 0 Å². The van der Waals surface area contributed by atoms with Gasteiger partial charge in [0.25, 0.3) is 0 Å². The summed E-state index contributed by atoms with van der Waals surface area (Å²) in [4.78, 5) is 10.8. The van der Waals surface area contributed by atoms with Gasteiger partial charge in [-0.05, 0) is 25.9 Å². The van der Waals surface area contributed by atoms with Crippen molar-refractivity contribution in [2.45, 2.75) is 39.7 Å². The second kappa shape index (κ2) is 7.40. The molecule has 1 heterocycles. The van der Waals surface area contributed by atoms with Crippen LogP contribution in [0, 0.1) is 5.92 Å². The molecule has 0 saturated heterocycles. The maximum absolute atomic E-state index is 5.55. The quantitative estimate of drug-likeness (QED) is 0.523. The van der Waals surface area contributed by atoms with E-state index < -0.39 is 0 Å². The van der Waals surface area contributed by atoms with E-state index in [9.17, 15) is 0 Å². The molecule has 6 nitrogen and oxygen atoms in total. The lowest BCUT2D eigenvalue weighted by atomic mass is 10.0. The van der Waals surface area contributed by atoms with Gasteiger partial charge in [0.1, 0.15) is 18.0 Å². The predicted molar refractivity (Wildman–Crippen MR) is 84.7 cm³/mol. The van der Waals surface area contributed by atoms with Crippen LogP contribution < -0.4 is 16.6 Å². The molecule has 1 atom stereocenters. The summed E-state index contributed by atoms with van der Waals surface area (Å²) in [5.74, 6) is 7.89. The highest BCUT2D eigenvalue weighted by molar-refractivity contribution is 5.58. The normalized spacial score (nSPS) is 13.1. The van der Waals surface area contributed by atoms with Crippen molar-refractivity contribution in [2.24, 2.45) is 11.8 Å². The molecule has 0 saturated carbocycles. The maximum atomic E-state index is 5.55. The highest BCUT2D eigenvalue weighted by Gasteiger charge is 2.20. The number of nitrogens with two attached hydrogens (primary N) is 1. The zero-order valence-corrected chi connectivity index (χ0v) is 13.4. The van der Waals surface area contributed by atoms with E-state index in [1.54, 1.807) is 0 Å². The van der Waals surface area contributed by atoms with Crippen LogP contribution in [0.25, 0.3) is 0 Å². The topological polar surface area (TPSA) is 79.1 Å². The number of hydrogen-bond donors (Lipinski definition) is 3. The first-order chi connectivity index (χ1) is 9.36. The maximum Gasteiger partial charge on any atom is 0.148 e. The van der Waals surface area contributed by atoms with Crippen LogP contribution in [-0.4, -0.2) is 41.5 Å². The zero-order valence-electron chi connectivity index (χ0n) is 13.4. The van der Waals surface area contributed by atoms with Gasteiger partial charge in [-0.15, -0.1) is 0 Å². The minimum absolute atomic E-state index is 0.289. The van der Waals surface area contributed by atoms with Crippen LogP contribution in [0.2, 0.25) is 0 Å². The Balaban J connectivity index is 3.05. The number of anilines is 2. The van der Waals surface area contributed by atoms with Crippen molar-refractivity contribution in [2.75, 3.05) is 31.4 Å². The van der Waals surface area contributed by atoms with Gasteiger partial charge in [-0.25, -0.2) is 15.8 Å². The van der Waals surface area contributed by atoms with Gasteiger partial charge in [-0.2, -0.15) is 0 Å². The lowest BCUT2D eigenvalue weighted by Gasteiger charge is -2.28. The van der Waals surface area contributed by atoms with E-state index in [2.05, 4.69) is 67.4 Å². The molecule has 0 aliphatic heterocycles. The molecule has 1 aromatic rings. The Labute approximate surface area is 122 Å². The number of aromatic nitrogens is 2. The van der Waals surface area contributed by atoms with E-state index in [0.717, 1.165) is 17.9 Å². The molecule has 1 rings (SSSR count). The smallest absolute Gasteiger partial charge is 0.148 e. The van der Waals surface area contributed by atoms with Crippen LogP contribution in [0.1, 0.15) is 39.2 Å². The first-order valence-corrected chi connectivity index (χ1v) is 7.09. The van der Waals surface area contributed by atoms with Gasteiger partial charge in [0.15, 0.2) is 0 Å². The van der Waals surface area contributed by atoms with E-state index in [1.807, 2.05) is 0 Å². The summed E-state index contributed by atoms with van der Waals surface area (Å²) in [5, 5.41) is 3.55. The Kier molecular flexibility index (Phi) is 6.16. The van der Waals surface area contributed by atoms with Gasteiger partial charge in [-0.3, -0.25) is 0 Å². The lowest BCUT2D eigenvalue weighted by Crippen LogP contribution is -2.37. The molecule has 0 aromatic carbocycles. The molecule has 6 heteroatoms. The van der Waals surface area contributed by atoms with Crippen LogP contribution in [-0.2, 0) is 0 Å². The van der Waals surface area contributed by atoms with Crippen molar-refractivity contribution in [1.29, 1.82) is 0 Å². The Morgan fingerprint density at radius 3 is 2.20 bits per heavy atom. The summed E-state index contributed by atoms with van der Waals surface area (Å²) >= 11 is 0. The second-order valence-corrected chi connectivity index (χ2v) is 6.04. The molecule has 0 aliphatic rings. The van der Waals surface area contributed by atoms with Gasteiger partial charge in [0, 0.05) is 18.2 Å². The monoisotopic (exact) mass is 280 g/mol. The van der Waals surface area contributed by atoms with Gasteiger partial charge in [0.05, 0.1) is 0 Å². The Morgan fingerprint density at radius 2 is 1.75 bits per heavy atom. The summed E-state index contributed by atoms with van der Waals surface area (Å²) in [6.07, 6.45) is 1.54. The largest absolute Gasteiger partial charge is 0.365 e. The van der Waals surface area contributed by atoms with Crippen molar-refractivity contribution in [1.82, 2.24) is 14.9 Å². The average Bonchev–Trinajstić information content (AvgIpc) is 2.36. The second-order valence-electron chi connectivity index (χ2n) is 6.04. The van der Waals surface area contributed by atoms with E-state index in [0.29, 0.717) is 17.8 Å². The third kappa shape index (κ3) is 4.31. The number of likely N-dealkylation sites (N-methyl/N-ethyl adjacent to an activating group) is 1. The summed E-state index contributed by atoms with van der Waals surface area (Å²) in [6.45, 7) is 9.59. The molecule has 0 amide bonds. The molecular weight excluding hydrogens is 252 g/mol. The highest BCUT2D eigenvalue weighted by Crippen LogP contribution is 2.28. The lowest BCUT2D eigenvalue weighted by molar-refractivity contribution is 0.344. The number of hydrazine groups is 1. The van der Waals surface area contributed by atoms with E-state index in [1.165, 1.54) is 6.33 Å². The minimum Gasteiger partial charge on any atom is -0.365 e. The molecule has 0 aliphatic carbocycles. The summed E-state index contributed by atoms with van der Waals surface area (Å²) < 4.78 is 0. The van der Waals surface area contributed by atoms with E-state index in [4.69, 9.17) is 5.84 Å². The van der Waals surface area contributed by atoms with Crippen LogP contribution in [0.3, 0.4) is 0 Å². The van der Waals surface area contributed by atoms with Crippen LogP contribution in [0.15, 0.2) is 6.33 Å². The molecule has 4 N–H and O–H groups in total. The van der Waals surface area contributed by atoms with Gasteiger partial charge in [-0.1, -0.05) is 27.7 Å². The fraction of sp³-hybridized carbons (Fsp3) is 0.714. The number of nitrogens with one attached hydrogen (secondary N) is 2. The van der Waals surface area contributed by atoms with Crippen molar-refractivity contribution in [3.8, 4) is 0 Å². The van der Waals surface area contributed by atoms with Crippen molar-refractivity contribution < 1.29 is 0 Å². The molecule has 0 bridgehead atoms. The Bertz CT molecular complexity index is 416. The van der Waals surface area contributed by atoms with Gasteiger partial charge in [0.2, 0.25) is 0 Å². The summed E-state index contributed by atoms with van der Waals surface area (Å²) in [5.41, 5.74) is 3.69. The number of rotatable bonds is 7. The molecule has 1 aromatic heterocycles. The summed E-state index contributed by atoms with van der Waals surface area (Å²) in [7, 11) is 4.15. The highest BCUT2D eigenvalue weighted by atomic mass is 15.3. The SMILES string of the molecule is CC(C)c1c(NN)ncnc1NC(CN(C)C)C(C)C. The predicted octanol–water partition coefficient (Wildman–Crippen LogP) is 1.88. The molecule has 1 unspecified atom stereocenters. The Morgan fingerprint density at radius 1 is 1.15 bits per heavy atom. The molecular formula is C14H28N6. The third-order valence-corrected chi connectivity index (χ3v) is 3.29. The fourth-order valence-electron chi connectivity index (χ4n) is 2.16. The van der Waals surface area contributed by atoms with Crippen molar-refractivity contribution in [3.63, 3.8) is 0 Å². The van der Waals surface area contributed by atoms with Crippen molar-refractivity contribution in [3.05, 3.63) is 11.9 Å². The average molecular weight is 280 g/mol. The van der Waals surface area contributed by atoms with Crippen LogP contribution in [0.5, 0.6) is 0 Å². The standard InChI is InChI=1S/C14H28N6/c1-9(2)11(7-20(5)6)18-13-12(10(3)4)14(19-15)17-8-16-13/h8-11H,7,15H2,1-6H3,(H2,16,17,18,19). The molecule has 114 valence electrons. The fourth-order valence-corrected chi connectivity index (χ4v) is 2.16. The van der Waals surface area contributed by atoms with E-state index in [-0.39, 0.29) is 5.92 Å². The first kappa shape index (κ1) is 16.7. The van der Waals surface area contributed by atoms with Gasteiger partial charge < -0.3 is 15.6 Å². The molecule has 0 radical (unpaired) electrons. The van der Waals surface area contributed by atoms with Crippen LogP contribution >= 0.6 is 0 Å². The first-order valence-electron chi connectivity index (χ1n) is 7.09. The summed E-state index contributed by atoms with van der Waals surface area (Å²) in [6, 6.07) is 0.322. The van der Waals surface area contributed by atoms with Crippen LogP contribution in [0.4, 0.5) is 11.6 Å². The minimum atomic E-state index is 0.289. The van der Waals surface area contributed by atoms with Crippen molar-refractivity contribution >= 4 is 11.6 Å². The Hall–Kier alpha value is -1.40. The zero-order chi connectivity index (χ0) is 15.3.